The van der Waals surface area contributed by atoms with Crippen molar-refractivity contribution in [1.82, 2.24) is 19.1 Å². The number of benzene rings is 1. The van der Waals surface area contributed by atoms with Crippen LogP contribution in [0.3, 0.4) is 0 Å². The molecule has 7 nitrogen and oxygen atoms in total. The second-order valence-electron chi connectivity index (χ2n) is 6.76. The molecule has 0 spiro atoms. The van der Waals surface area contributed by atoms with Crippen LogP contribution in [0.4, 0.5) is 5.95 Å². The van der Waals surface area contributed by atoms with E-state index >= 15 is 0 Å². The third kappa shape index (κ3) is 3.67. The molecule has 0 radical (unpaired) electrons. The molecule has 3 rings (SSSR count). The fourth-order valence-electron chi connectivity index (χ4n) is 2.77. The van der Waals surface area contributed by atoms with Crippen molar-refractivity contribution in [2.75, 3.05) is 11.9 Å². The monoisotopic (exact) mass is 375 g/mol. The van der Waals surface area contributed by atoms with Crippen molar-refractivity contribution in [3.8, 4) is 0 Å². The molecular weight excluding hydrogens is 354 g/mol. The molecule has 3 aromatic rings. The van der Waals surface area contributed by atoms with Crippen molar-refractivity contribution in [3.63, 3.8) is 0 Å². The van der Waals surface area contributed by atoms with Gasteiger partial charge < -0.3 is 10.3 Å². The Bertz CT molecular complexity index is 1050. The maximum absolute atomic E-state index is 12.8. The number of H-pyrrole nitrogens is 1. The molecule has 26 heavy (non-hydrogen) atoms. The van der Waals surface area contributed by atoms with E-state index in [1.54, 1.807) is 25.2 Å². The zero-order valence-electron chi connectivity index (χ0n) is 15.0. The molecule has 0 aliphatic heterocycles. The van der Waals surface area contributed by atoms with Crippen LogP contribution in [0.25, 0.3) is 11.2 Å². The summed E-state index contributed by atoms with van der Waals surface area (Å²) in [4.78, 5) is 32.8. The maximum Gasteiger partial charge on any atom is 0.332 e. The first-order valence-electron chi connectivity index (χ1n) is 8.54. The van der Waals surface area contributed by atoms with Crippen LogP contribution in [0.1, 0.15) is 25.8 Å². The molecule has 0 aliphatic carbocycles. The number of hydrogen-bond donors (Lipinski definition) is 2. The Morgan fingerprint density at radius 2 is 2.08 bits per heavy atom. The summed E-state index contributed by atoms with van der Waals surface area (Å²) in [5, 5.41) is 3.73. The molecule has 138 valence electrons. The second kappa shape index (κ2) is 7.37. The molecule has 0 aliphatic rings. The summed E-state index contributed by atoms with van der Waals surface area (Å²) >= 11 is 6.00. The number of nitrogens with one attached hydrogen (secondary N) is 2. The third-order valence-corrected chi connectivity index (χ3v) is 4.46. The Morgan fingerprint density at radius 3 is 2.77 bits per heavy atom. The first kappa shape index (κ1) is 18.3. The summed E-state index contributed by atoms with van der Waals surface area (Å²) in [6, 6.07) is 7.11. The van der Waals surface area contributed by atoms with Gasteiger partial charge in [-0.2, -0.15) is 4.98 Å². The van der Waals surface area contributed by atoms with Crippen LogP contribution in [0, 0.1) is 5.92 Å². The SMILES string of the molecule is CC(C)CCNc1nc2c([nH]1)c(=O)n(Cc1cccc(Cl)c1)c(=O)n2C. The molecule has 0 saturated carbocycles. The van der Waals surface area contributed by atoms with Crippen LogP contribution >= 0.6 is 11.6 Å². The fourth-order valence-corrected chi connectivity index (χ4v) is 2.98. The average Bonchev–Trinajstić information content (AvgIpc) is 3.01. The van der Waals surface area contributed by atoms with Crippen LogP contribution in [-0.2, 0) is 13.6 Å². The minimum absolute atomic E-state index is 0.150. The van der Waals surface area contributed by atoms with Gasteiger partial charge in [0.15, 0.2) is 11.2 Å². The second-order valence-corrected chi connectivity index (χ2v) is 7.19. The minimum Gasteiger partial charge on any atom is -0.356 e. The summed E-state index contributed by atoms with van der Waals surface area (Å²) in [7, 11) is 1.61. The van der Waals surface area contributed by atoms with Crippen molar-refractivity contribution in [1.29, 1.82) is 0 Å². The summed E-state index contributed by atoms with van der Waals surface area (Å²) in [6.07, 6.45) is 0.981. The topological polar surface area (TPSA) is 84.7 Å². The Morgan fingerprint density at radius 1 is 1.31 bits per heavy atom. The summed E-state index contributed by atoms with van der Waals surface area (Å²) in [5.74, 6) is 1.06. The van der Waals surface area contributed by atoms with E-state index < -0.39 is 11.2 Å². The highest BCUT2D eigenvalue weighted by Gasteiger charge is 2.15. The summed E-state index contributed by atoms with van der Waals surface area (Å²) < 4.78 is 2.56. The predicted molar refractivity (Wildman–Crippen MR) is 104 cm³/mol. The molecule has 2 heterocycles. The lowest BCUT2D eigenvalue weighted by molar-refractivity contribution is 0.606. The number of nitrogens with zero attached hydrogens (tertiary/aromatic N) is 3. The predicted octanol–water partition coefficient (Wildman–Crippen LogP) is 2.58. The van der Waals surface area contributed by atoms with Crippen molar-refractivity contribution in [2.45, 2.75) is 26.8 Å². The smallest absolute Gasteiger partial charge is 0.332 e. The molecule has 8 heteroatoms. The van der Waals surface area contributed by atoms with E-state index in [1.165, 1.54) is 9.13 Å². The van der Waals surface area contributed by atoms with Gasteiger partial charge in [0.05, 0.1) is 6.54 Å². The lowest BCUT2D eigenvalue weighted by Crippen LogP contribution is -2.39. The molecule has 0 saturated heterocycles. The zero-order valence-corrected chi connectivity index (χ0v) is 15.8. The van der Waals surface area contributed by atoms with Crippen molar-refractivity contribution in [2.24, 2.45) is 13.0 Å². The van der Waals surface area contributed by atoms with E-state index in [9.17, 15) is 9.59 Å². The summed E-state index contributed by atoms with van der Waals surface area (Å²) in [6.45, 7) is 5.16. The van der Waals surface area contributed by atoms with Crippen LogP contribution < -0.4 is 16.6 Å². The Hall–Kier alpha value is -2.54. The Labute approximate surface area is 155 Å². The van der Waals surface area contributed by atoms with Crippen molar-refractivity contribution >= 4 is 28.7 Å². The van der Waals surface area contributed by atoms with E-state index in [-0.39, 0.29) is 6.54 Å². The standard InChI is InChI=1S/C18H22ClN5O2/c1-11(2)7-8-20-17-21-14-15(22-17)23(3)18(26)24(16(14)25)10-12-5-4-6-13(19)9-12/h4-6,9,11H,7-8,10H2,1-3H3,(H2,20,21,22). The number of aryl methyl sites for hydroxylation is 1. The van der Waals surface area contributed by atoms with E-state index in [0.717, 1.165) is 18.5 Å². The number of anilines is 1. The molecule has 0 unspecified atom stereocenters. The molecule has 2 aromatic heterocycles. The van der Waals surface area contributed by atoms with Crippen LogP contribution in [0.2, 0.25) is 5.02 Å². The molecule has 1 aromatic carbocycles. The fraction of sp³-hybridized carbons (Fsp3) is 0.389. The Kier molecular flexibility index (Phi) is 5.18. The quantitative estimate of drug-likeness (QED) is 0.693. The zero-order chi connectivity index (χ0) is 18.8. The van der Waals surface area contributed by atoms with E-state index in [4.69, 9.17) is 11.6 Å². The van der Waals surface area contributed by atoms with Gasteiger partial charge in [0.1, 0.15) is 0 Å². The number of rotatable bonds is 6. The van der Waals surface area contributed by atoms with Crippen LogP contribution in [0.15, 0.2) is 33.9 Å². The van der Waals surface area contributed by atoms with E-state index in [1.807, 2.05) is 6.07 Å². The molecule has 0 bridgehead atoms. The molecule has 2 N–H and O–H groups in total. The van der Waals surface area contributed by atoms with Gasteiger partial charge in [-0.15, -0.1) is 0 Å². The van der Waals surface area contributed by atoms with Crippen LogP contribution in [-0.4, -0.2) is 25.6 Å². The van der Waals surface area contributed by atoms with Gasteiger partial charge in [-0.05, 0) is 30.0 Å². The molecule has 0 amide bonds. The lowest BCUT2D eigenvalue weighted by atomic mass is 10.1. The first-order valence-corrected chi connectivity index (χ1v) is 8.92. The van der Waals surface area contributed by atoms with Gasteiger partial charge in [0.2, 0.25) is 5.95 Å². The van der Waals surface area contributed by atoms with Gasteiger partial charge >= 0.3 is 5.69 Å². The number of fused-ring (bicyclic) bond motifs is 1. The van der Waals surface area contributed by atoms with Gasteiger partial charge in [-0.25, -0.2) is 4.79 Å². The number of aromatic amines is 1. The highest BCUT2D eigenvalue weighted by Crippen LogP contribution is 2.12. The summed E-state index contributed by atoms with van der Waals surface area (Å²) in [5.41, 5.74) is 0.622. The Balaban J connectivity index is 2.00. The normalized spacial score (nSPS) is 11.4. The van der Waals surface area contributed by atoms with Crippen LogP contribution in [0.5, 0.6) is 0 Å². The van der Waals surface area contributed by atoms with Gasteiger partial charge in [0, 0.05) is 18.6 Å². The van der Waals surface area contributed by atoms with Gasteiger partial charge in [-0.1, -0.05) is 37.6 Å². The first-order chi connectivity index (χ1) is 12.4. The van der Waals surface area contributed by atoms with Crippen molar-refractivity contribution < 1.29 is 0 Å². The number of hydrogen-bond acceptors (Lipinski definition) is 4. The molecular formula is C18H22ClN5O2. The molecule has 0 atom stereocenters. The van der Waals surface area contributed by atoms with Gasteiger partial charge in [-0.3, -0.25) is 13.9 Å². The highest BCUT2D eigenvalue weighted by molar-refractivity contribution is 6.30. The number of imidazole rings is 1. The number of aromatic nitrogens is 4. The highest BCUT2D eigenvalue weighted by atomic mass is 35.5. The lowest BCUT2D eigenvalue weighted by Gasteiger charge is -2.08. The van der Waals surface area contributed by atoms with Gasteiger partial charge in [0.25, 0.3) is 5.56 Å². The largest absolute Gasteiger partial charge is 0.356 e. The maximum atomic E-state index is 12.8. The van der Waals surface area contributed by atoms with Crippen molar-refractivity contribution in [3.05, 3.63) is 55.7 Å². The number of halogens is 1. The van der Waals surface area contributed by atoms with E-state index in [0.29, 0.717) is 28.1 Å². The third-order valence-electron chi connectivity index (χ3n) is 4.22. The van der Waals surface area contributed by atoms with E-state index in [2.05, 4.69) is 29.1 Å². The average molecular weight is 376 g/mol. The minimum atomic E-state index is -0.414. The molecule has 0 fully saturated rings.